The Morgan fingerprint density at radius 1 is 1.71 bits per heavy atom. The van der Waals surface area contributed by atoms with Crippen LogP contribution in [0.3, 0.4) is 0 Å². The van der Waals surface area contributed by atoms with Crippen LogP contribution in [0.1, 0.15) is 6.42 Å². The summed E-state index contributed by atoms with van der Waals surface area (Å²) >= 11 is 0. The minimum atomic E-state index is -0.731. The molecule has 0 bridgehead atoms. The van der Waals surface area contributed by atoms with E-state index in [1.165, 1.54) is 0 Å². The van der Waals surface area contributed by atoms with Gasteiger partial charge in [-0.15, -0.1) is 9.24 Å². The van der Waals surface area contributed by atoms with Crippen LogP contribution < -0.4 is 0 Å². The van der Waals surface area contributed by atoms with Gasteiger partial charge in [-0.3, -0.25) is 4.79 Å². The molecule has 0 saturated heterocycles. The van der Waals surface area contributed by atoms with E-state index in [2.05, 4.69) is 9.24 Å². The number of rotatable bonds is 2. The summed E-state index contributed by atoms with van der Waals surface area (Å²) in [6, 6.07) is 0. The van der Waals surface area contributed by atoms with Crippen molar-refractivity contribution >= 4 is 15.2 Å². The molecule has 0 rings (SSSR count). The largest absolute Gasteiger partial charge is 0.481 e. The van der Waals surface area contributed by atoms with Crippen molar-refractivity contribution in [3.63, 3.8) is 0 Å². The fourth-order valence-electron chi connectivity index (χ4n) is 0.123. The van der Waals surface area contributed by atoms with Crippen molar-refractivity contribution in [1.82, 2.24) is 0 Å². The van der Waals surface area contributed by atoms with Gasteiger partial charge in [-0.1, -0.05) is 0 Å². The molecule has 4 heteroatoms. The zero-order chi connectivity index (χ0) is 4.99. The standard InChI is InChI=1S/C3H7O2P.Ni/c4-3(5)1-2-6;/h1-2,6H2,(H,4,5);. The molecular formula is C3H7NiO2P. The molecule has 0 aliphatic heterocycles. The molecule has 1 N–H and O–H groups in total. The van der Waals surface area contributed by atoms with E-state index in [0.29, 0.717) is 6.16 Å². The molecule has 0 aliphatic rings. The van der Waals surface area contributed by atoms with Gasteiger partial charge in [-0.05, 0) is 6.16 Å². The molecule has 7 heavy (non-hydrogen) atoms. The van der Waals surface area contributed by atoms with E-state index >= 15 is 0 Å². The molecule has 0 aliphatic carbocycles. The number of carboxylic acids is 1. The molecule has 1 atom stereocenters. The second kappa shape index (κ2) is 6.39. The predicted octanol–water partition coefficient (Wildman–Crippen LogP) is 0.334. The second-order valence-corrected chi connectivity index (χ2v) is 1.51. The SMILES string of the molecule is O=C(O)CCP.[Ni]. The quantitative estimate of drug-likeness (QED) is 0.472. The first-order valence-electron chi connectivity index (χ1n) is 1.69. The average Bonchev–Trinajstić information content (AvgIpc) is 1.35. The van der Waals surface area contributed by atoms with E-state index in [0.717, 1.165) is 0 Å². The summed E-state index contributed by atoms with van der Waals surface area (Å²) in [7, 11) is 2.34. The molecule has 0 spiro atoms. The Hall–Kier alpha value is 0.394. The third kappa shape index (κ3) is 10.7. The summed E-state index contributed by atoms with van der Waals surface area (Å²) in [6.07, 6.45) is 0.903. The van der Waals surface area contributed by atoms with E-state index in [-0.39, 0.29) is 22.9 Å². The van der Waals surface area contributed by atoms with Crippen LogP contribution in [-0.2, 0) is 21.3 Å². The molecule has 2 nitrogen and oxygen atoms in total. The molecule has 1 unspecified atom stereocenters. The van der Waals surface area contributed by atoms with Crippen molar-refractivity contribution in [1.29, 1.82) is 0 Å². The third-order valence-corrected chi connectivity index (χ3v) is 0.647. The van der Waals surface area contributed by atoms with Gasteiger partial charge in [-0.2, -0.15) is 0 Å². The fourth-order valence-corrected chi connectivity index (χ4v) is 0.370. The zero-order valence-electron chi connectivity index (χ0n) is 3.66. The first-order valence-corrected chi connectivity index (χ1v) is 2.51. The Kier molecular flexibility index (Phi) is 9.49. The van der Waals surface area contributed by atoms with Crippen LogP contribution in [0.2, 0.25) is 0 Å². The van der Waals surface area contributed by atoms with Crippen molar-refractivity contribution in [2.75, 3.05) is 6.16 Å². The molecule has 0 heterocycles. The Bertz CT molecular complexity index is 56.9. The Morgan fingerprint density at radius 3 is 2.14 bits per heavy atom. The number of carbonyl (C=O) groups is 1. The third-order valence-electron chi connectivity index (χ3n) is 0.358. The van der Waals surface area contributed by atoms with Gasteiger partial charge >= 0.3 is 5.97 Å². The summed E-state index contributed by atoms with van der Waals surface area (Å²) in [5.74, 6) is -0.731. The van der Waals surface area contributed by atoms with Gasteiger partial charge in [-0.25, -0.2) is 0 Å². The summed E-state index contributed by atoms with van der Waals surface area (Å²) in [5, 5.41) is 7.90. The summed E-state index contributed by atoms with van der Waals surface area (Å²) in [5.41, 5.74) is 0. The Morgan fingerprint density at radius 2 is 2.14 bits per heavy atom. The van der Waals surface area contributed by atoms with Crippen LogP contribution in [0.25, 0.3) is 0 Å². The molecule has 0 aromatic rings. The van der Waals surface area contributed by atoms with Gasteiger partial charge in [0.25, 0.3) is 0 Å². The minimum absolute atomic E-state index is 0. The molecular weight excluding hydrogens is 158 g/mol. The van der Waals surface area contributed by atoms with Crippen LogP contribution >= 0.6 is 9.24 Å². The van der Waals surface area contributed by atoms with E-state index in [9.17, 15) is 4.79 Å². The molecule has 0 aromatic heterocycles. The topological polar surface area (TPSA) is 37.3 Å². The van der Waals surface area contributed by atoms with Crippen molar-refractivity contribution < 1.29 is 26.4 Å². The van der Waals surface area contributed by atoms with Crippen LogP contribution in [0.15, 0.2) is 0 Å². The predicted molar refractivity (Wildman–Crippen MR) is 26.8 cm³/mol. The molecule has 0 radical (unpaired) electrons. The summed E-state index contributed by atoms with van der Waals surface area (Å²) in [6.45, 7) is 0. The van der Waals surface area contributed by atoms with Crippen molar-refractivity contribution in [2.45, 2.75) is 6.42 Å². The average molecular weight is 165 g/mol. The van der Waals surface area contributed by atoms with Crippen LogP contribution in [0.5, 0.6) is 0 Å². The van der Waals surface area contributed by atoms with Crippen molar-refractivity contribution in [3.05, 3.63) is 0 Å². The summed E-state index contributed by atoms with van der Waals surface area (Å²) < 4.78 is 0. The zero-order valence-corrected chi connectivity index (χ0v) is 5.81. The van der Waals surface area contributed by atoms with E-state index in [1.54, 1.807) is 0 Å². The Balaban J connectivity index is 0. The van der Waals surface area contributed by atoms with Gasteiger partial charge in [0.05, 0.1) is 0 Å². The molecule has 0 saturated carbocycles. The van der Waals surface area contributed by atoms with Gasteiger partial charge in [0.15, 0.2) is 0 Å². The minimum Gasteiger partial charge on any atom is -0.481 e. The summed E-state index contributed by atoms with van der Waals surface area (Å²) in [4.78, 5) is 9.59. The maximum atomic E-state index is 9.59. The number of aliphatic carboxylic acids is 1. The number of hydrogen-bond acceptors (Lipinski definition) is 1. The van der Waals surface area contributed by atoms with Gasteiger partial charge in [0.2, 0.25) is 0 Å². The Labute approximate surface area is 54.8 Å². The molecule has 0 amide bonds. The smallest absolute Gasteiger partial charge is 0.303 e. The van der Waals surface area contributed by atoms with Crippen LogP contribution in [-0.4, -0.2) is 17.2 Å². The maximum absolute atomic E-state index is 9.59. The molecule has 46 valence electrons. The van der Waals surface area contributed by atoms with Gasteiger partial charge in [0.1, 0.15) is 0 Å². The van der Waals surface area contributed by atoms with Crippen molar-refractivity contribution in [2.24, 2.45) is 0 Å². The maximum Gasteiger partial charge on any atom is 0.303 e. The number of hydrogen-bond donors (Lipinski definition) is 1. The first kappa shape index (κ1) is 10.4. The van der Waals surface area contributed by atoms with Crippen LogP contribution in [0, 0.1) is 0 Å². The van der Waals surface area contributed by atoms with Gasteiger partial charge < -0.3 is 5.11 Å². The van der Waals surface area contributed by atoms with Crippen LogP contribution in [0.4, 0.5) is 0 Å². The number of carboxylic acid groups (broad SMARTS) is 1. The van der Waals surface area contributed by atoms with E-state index in [4.69, 9.17) is 5.11 Å². The normalized spacial score (nSPS) is 7.00. The van der Waals surface area contributed by atoms with Gasteiger partial charge in [0, 0.05) is 22.9 Å². The first-order chi connectivity index (χ1) is 2.77. The van der Waals surface area contributed by atoms with E-state index in [1.807, 2.05) is 0 Å². The van der Waals surface area contributed by atoms with Crippen molar-refractivity contribution in [3.8, 4) is 0 Å². The molecule has 0 fully saturated rings. The molecule has 0 aromatic carbocycles. The monoisotopic (exact) mass is 164 g/mol. The second-order valence-electron chi connectivity index (χ2n) is 0.932. The van der Waals surface area contributed by atoms with E-state index < -0.39 is 5.97 Å². The fraction of sp³-hybridized carbons (Fsp3) is 0.667.